The Labute approximate surface area is 185 Å². The van der Waals surface area contributed by atoms with Crippen LogP contribution in [0.1, 0.15) is 5.56 Å². The molecule has 2 aromatic carbocycles. The summed E-state index contributed by atoms with van der Waals surface area (Å²) in [6.45, 7) is 1.99. The number of amides is 1. The van der Waals surface area contributed by atoms with Crippen LogP contribution in [-0.2, 0) is 4.79 Å². The summed E-state index contributed by atoms with van der Waals surface area (Å²) in [6.07, 6.45) is 0. The molecule has 0 saturated carbocycles. The molecule has 0 bridgehead atoms. The van der Waals surface area contributed by atoms with Gasteiger partial charge in [-0.3, -0.25) is 4.79 Å². The summed E-state index contributed by atoms with van der Waals surface area (Å²) in [5.74, 6) is 6.18. The first-order valence-electron chi connectivity index (χ1n) is 7.81. The maximum Gasteiger partial charge on any atom is 0.234 e. The van der Waals surface area contributed by atoms with Crippen LogP contribution in [0.25, 0.3) is 11.4 Å². The zero-order valence-electron chi connectivity index (χ0n) is 14.3. The third kappa shape index (κ3) is 4.50. The third-order valence-corrected chi connectivity index (χ3v) is 6.20. The Morgan fingerprint density at radius 1 is 1.11 bits per heavy atom. The lowest BCUT2D eigenvalue weighted by atomic mass is 10.1. The van der Waals surface area contributed by atoms with Crippen molar-refractivity contribution in [3.05, 3.63) is 56.0 Å². The van der Waals surface area contributed by atoms with Crippen LogP contribution >= 0.6 is 58.2 Å². The number of carbonyl (C=O) groups is 1. The summed E-state index contributed by atoms with van der Waals surface area (Å²) in [5, 5.41) is 11.7. The number of anilines is 1. The Hall–Kier alpha value is -1.64. The van der Waals surface area contributed by atoms with Crippen molar-refractivity contribution in [1.29, 1.82) is 0 Å². The van der Waals surface area contributed by atoms with E-state index in [1.165, 1.54) is 10.7 Å². The maximum absolute atomic E-state index is 12.3. The van der Waals surface area contributed by atoms with E-state index in [0.29, 0.717) is 11.0 Å². The third-order valence-electron chi connectivity index (χ3n) is 3.68. The second-order valence-corrected chi connectivity index (χ2v) is 8.24. The van der Waals surface area contributed by atoms with Gasteiger partial charge in [-0.15, -0.1) is 10.2 Å². The number of nitrogen functional groups attached to an aromatic ring is 1. The van der Waals surface area contributed by atoms with Crippen LogP contribution < -0.4 is 11.2 Å². The molecule has 0 unspecified atom stereocenters. The molecule has 28 heavy (non-hydrogen) atoms. The molecule has 1 aromatic heterocycles. The number of aromatic nitrogens is 3. The van der Waals surface area contributed by atoms with Gasteiger partial charge in [0.1, 0.15) is 0 Å². The summed E-state index contributed by atoms with van der Waals surface area (Å²) in [5.41, 5.74) is 2.10. The molecule has 0 atom stereocenters. The highest BCUT2D eigenvalue weighted by Gasteiger charge is 2.18. The van der Waals surface area contributed by atoms with Gasteiger partial charge in [0, 0.05) is 5.56 Å². The SMILES string of the molecule is Cc1ccc(-c2nnc(SCC(=O)Nc3c(Cl)c(Cl)cc(Cl)c3Cl)n2N)cc1. The number of rotatable bonds is 5. The highest BCUT2D eigenvalue weighted by molar-refractivity contribution is 7.99. The van der Waals surface area contributed by atoms with Crippen LogP contribution in [0.15, 0.2) is 35.5 Å². The van der Waals surface area contributed by atoms with Gasteiger partial charge in [0.15, 0.2) is 5.82 Å². The highest BCUT2D eigenvalue weighted by Crippen LogP contribution is 2.41. The maximum atomic E-state index is 12.3. The predicted octanol–water partition coefficient (Wildman–Crippen LogP) is 5.31. The Bertz CT molecular complexity index is 1010. The minimum Gasteiger partial charge on any atom is -0.335 e. The summed E-state index contributed by atoms with van der Waals surface area (Å²) in [6, 6.07) is 9.11. The molecule has 0 aliphatic carbocycles. The van der Waals surface area contributed by atoms with Crippen molar-refractivity contribution in [2.24, 2.45) is 0 Å². The van der Waals surface area contributed by atoms with E-state index in [9.17, 15) is 4.79 Å². The lowest BCUT2D eigenvalue weighted by Crippen LogP contribution is -2.17. The first-order chi connectivity index (χ1) is 13.3. The molecule has 6 nitrogen and oxygen atoms in total. The van der Waals surface area contributed by atoms with Gasteiger partial charge in [-0.2, -0.15) is 0 Å². The second-order valence-electron chi connectivity index (χ2n) is 5.72. The van der Waals surface area contributed by atoms with Crippen LogP contribution in [-0.4, -0.2) is 26.5 Å². The summed E-state index contributed by atoms with van der Waals surface area (Å²) < 4.78 is 1.33. The van der Waals surface area contributed by atoms with E-state index < -0.39 is 0 Å². The molecular formula is C17H13Cl4N5OS. The molecule has 0 fully saturated rings. The minimum atomic E-state index is -0.382. The van der Waals surface area contributed by atoms with Crippen LogP contribution in [0.3, 0.4) is 0 Å². The van der Waals surface area contributed by atoms with E-state index in [4.69, 9.17) is 52.2 Å². The molecule has 0 aliphatic rings. The van der Waals surface area contributed by atoms with Gasteiger partial charge in [0.25, 0.3) is 0 Å². The molecular weight excluding hydrogens is 464 g/mol. The topological polar surface area (TPSA) is 85.8 Å². The van der Waals surface area contributed by atoms with Crippen LogP contribution in [0.4, 0.5) is 5.69 Å². The number of halogens is 4. The number of thioether (sulfide) groups is 1. The summed E-state index contributed by atoms with van der Waals surface area (Å²) in [7, 11) is 0. The van der Waals surface area contributed by atoms with E-state index in [0.717, 1.165) is 22.9 Å². The number of aryl methyl sites for hydroxylation is 1. The van der Waals surface area contributed by atoms with E-state index in [1.54, 1.807) is 0 Å². The van der Waals surface area contributed by atoms with Crippen molar-refractivity contribution < 1.29 is 4.79 Å². The Morgan fingerprint density at radius 2 is 1.71 bits per heavy atom. The largest absolute Gasteiger partial charge is 0.335 e. The first-order valence-corrected chi connectivity index (χ1v) is 10.3. The summed E-state index contributed by atoms with van der Waals surface area (Å²) in [4.78, 5) is 12.3. The smallest absolute Gasteiger partial charge is 0.234 e. The Kier molecular flexibility index (Phi) is 6.62. The van der Waals surface area contributed by atoms with Gasteiger partial charge in [0.2, 0.25) is 11.1 Å². The molecule has 0 spiro atoms. The van der Waals surface area contributed by atoms with E-state index in [-0.39, 0.29) is 37.4 Å². The average molecular weight is 477 g/mol. The summed E-state index contributed by atoms with van der Waals surface area (Å²) >= 11 is 25.2. The number of nitrogens with two attached hydrogens (primary N) is 1. The molecule has 146 valence electrons. The van der Waals surface area contributed by atoms with Crippen LogP contribution in [0.5, 0.6) is 0 Å². The van der Waals surface area contributed by atoms with Gasteiger partial charge in [-0.1, -0.05) is 88.0 Å². The van der Waals surface area contributed by atoms with Crippen molar-refractivity contribution in [1.82, 2.24) is 14.9 Å². The Balaban J connectivity index is 1.70. The number of hydrogen-bond donors (Lipinski definition) is 2. The number of carbonyl (C=O) groups excluding carboxylic acids is 1. The molecule has 3 N–H and O–H groups in total. The second kappa shape index (κ2) is 8.80. The average Bonchev–Trinajstić information content (AvgIpc) is 3.03. The fraction of sp³-hybridized carbons (Fsp3) is 0.118. The minimum absolute atomic E-state index is 0.0000212. The fourth-order valence-corrected chi connectivity index (χ4v) is 3.82. The van der Waals surface area contributed by atoms with Crippen molar-refractivity contribution in [3.8, 4) is 11.4 Å². The van der Waals surface area contributed by atoms with Gasteiger partial charge in [0.05, 0.1) is 31.5 Å². The molecule has 1 amide bonds. The normalized spacial score (nSPS) is 10.9. The number of nitrogens with one attached hydrogen (secondary N) is 1. The molecule has 0 radical (unpaired) electrons. The molecule has 1 heterocycles. The van der Waals surface area contributed by atoms with Crippen molar-refractivity contribution >= 4 is 69.8 Å². The first kappa shape index (κ1) is 21.1. The fourth-order valence-electron chi connectivity index (χ4n) is 2.26. The number of nitrogens with zero attached hydrogens (tertiary/aromatic N) is 3. The van der Waals surface area contributed by atoms with Crippen LogP contribution in [0.2, 0.25) is 20.1 Å². The van der Waals surface area contributed by atoms with E-state index in [2.05, 4.69) is 15.5 Å². The molecule has 3 aromatic rings. The van der Waals surface area contributed by atoms with Crippen molar-refractivity contribution in [2.45, 2.75) is 12.1 Å². The molecule has 3 rings (SSSR count). The molecule has 11 heteroatoms. The zero-order valence-corrected chi connectivity index (χ0v) is 18.2. The highest BCUT2D eigenvalue weighted by atomic mass is 35.5. The van der Waals surface area contributed by atoms with Gasteiger partial charge in [-0.05, 0) is 13.0 Å². The van der Waals surface area contributed by atoms with Gasteiger partial charge in [-0.25, -0.2) is 4.68 Å². The lowest BCUT2D eigenvalue weighted by Gasteiger charge is -2.11. The molecule has 0 aliphatic heterocycles. The van der Waals surface area contributed by atoms with E-state index >= 15 is 0 Å². The molecule has 0 saturated heterocycles. The number of benzene rings is 2. The number of hydrogen-bond acceptors (Lipinski definition) is 5. The van der Waals surface area contributed by atoms with Crippen LogP contribution in [0, 0.1) is 6.92 Å². The van der Waals surface area contributed by atoms with Crippen molar-refractivity contribution in [2.75, 3.05) is 16.9 Å². The zero-order chi connectivity index (χ0) is 20.4. The van der Waals surface area contributed by atoms with Crippen molar-refractivity contribution in [3.63, 3.8) is 0 Å². The predicted molar refractivity (Wildman–Crippen MR) is 116 cm³/mol. The Morgan fingerprint density at radius 3 is 2.32 bits per heavy atom. The van der Waals surface area contributed by atoms with Gasteiger partial charge >= 0.3 is 0 Å². The van der Waals surface area contributed by atoms with Gasteiger partial charge < -0.3 is 11.2 Å². The standard InChI is InChI=1S/C17H13Cl4N5OS/c1-8-2-4-9(5-3-8)16-24-25-17(26(16)22)28-7-12(27)23-15-13(20)10(18)6-11(19)14(15)21/h2-6H,7,22H2,1H3,(H,23,27). The monoisotopic (exact) mass is 475 g/mol. The quantitative estimate of drug-likeness (QED) is 0.296. The lowest BCUT2D eigenvalue weighted by molar-refractivity contribution is -0.113. The van der Waals surface area contributed by atoms with E-state index in [1.807, 2.05) is 31.2 Å².